The monoisotopic (exact) mass is 183 g/mol. The highest BCUT2D eigenvalue weighted by molar-refractivity contribution is 4.84. The van der Waals surface area contributed by atoms with Crippen LogP contribution in [0, 0.1) is 17.8 Å². The Morgan fingerprint density at radius 1 is 1.31 bits per heavy atom. The van der Waals surface area contributed by atoms with Crippen molar-refractivity contribution < 1.29 is 0 Å². The van der Waals surface area contributed by atoms with E-state index in [2.05, 4.69) is 33.0 Å². The molecular formula is C12H25N. The molecule has 1 saturated carbocycles. The Bertz CT molecular complexity index is 142. The van der Waals surface area contributed by atoms with Crippen LogP contribution in [0.3, 0.4) is 0 Å². The molecule has 0 saturated heterocycles. The fourth-order valence-corrected chi connectivity index (χ4v) is 2.76. The molecular weight excluding hydrogens is 158 g/mol. The highest BCUT2D eigenvalue weighted by Gasteiger charge is 2.29. The topological polar surface area (TPSA) is 12.0 Å². The fourth-order valence-electron chi connectivity index (χ4n) is 2.76. The van der Waals surface area contributed by atoms with Gasteiger partial charge in [-0.05, 0) is 37.1 Å². The summed E-state index contributed by atoms with van der Waals surface area (Å²) in [6.45, 7) is 10.4. The Hall–Kier alpha value is -0.0400. The average molecular weight is 183 g/mol. The lowest BCUT2D eigenvalue weighted by Gasteiger charge is -2.28. The third-order valence-corrected chi connectivity index (χ3v) is 3.40. The molecule has 13 heavy (non-hydrogen) atoms. The van der Waals surface area contributed by atoms with E-state index in [1.807, 2.05) is 0 Å². The van der Waals surface area contributed by atoms with Crippen molar-refractivity contribution in [1.29, 1.82) is 0 Å². The summed E-state index contributed by atoms with van der Waals surface area (Å²) in [5.74, 6) is 2.69. The van der Waals surface area contributed by atoms with Gasteiger partial charge in [-0.2, -0.15) is 0 Å². The lowest BCUT2D eigenvalue weighted by Crippen LogP contribution is -2.39. The van der Waals surface area contributed by atoms with Crippen LogP contribution in [0.4, 0.5) is 0 Å². The van der Waals surface area contributed by atoms with Crippen LogP contribution >= 0.6 is 0 Å². The summed E-state index contributed by atoms with van der Waals surface area (Å²) in [5.41, 5.74) is 0. The first kappa shape index (κ1) is 11.0. The van der Waals surface area contributed by atoms with Crippen molar-refractivity contribution in [3.8, 4) is 0 Å². The third-order valence-electron chi connectivity index (χ3n) is 3.40. The Morgan fingerprint density at radius 2 is 2.00 bits per heavy atom. The second kappa shape index (κ2) is 4.99. The molecule has 1 aliphatic carbocycles. The van der Waals surface area contributed by atoms with Crippen molar-refractivity contribution in [3.05, 3.63) is 0 Å². The van der Waals surface area contributed by atoms with Gasteiger partial charge in [-0.25, -0.2) is 0 Å². The van der Waals surface area contributed by atoms with E-state index >= 15 is 0 Å². The first-order chi connectivity index (χ1) is 6.15. The van der Waals surface area contributed by atoms with Crippen LogP contribution < -0.4 is 5.32 Å². The minimum absolute atomic E-state index is 0.759. The van der Waals surface area contributed by atoms with Gasteiger partial charge in [-0.1, -0.05) is 34.1 Å². The van der Waals surface area contributed by atoms with Crippen LogP contribution in [0.1, 0.15) is 47.0 Å². The van der Waals surface area contributed by atoms with Crippen LogP contribution in [0.5, 0.6) is 0 Å². The highest BCUT2D eigenvalue weighted by atomic mass is 14.9. The van der Waals surface area contributed by atoms with E-state index in [4.69, 9.17) is 0 Å². The molecule has 0 spiro atoms. The second-order valence-corrected chi connectivity index (χ2v) is 5.01. The lowest BCUT2D eigenvalue weighted by molar-refractivity contribution is 0.285. The maximum Gasteiger partial charge on any atom is 0.0118 e. The molecule has 1 rings (SSSR count). The largest absolute Gasteiger partial charge is 0.314 e. The molecule has 0 aromatic heterocycles. The van der Waals surface area contributed by atoms with E-state index in [-0.39, 0.29) is 0 Å². The summed E-state index contributed by atoms with van der Waals surface area (Å²) in [5, 5.41) is 3.64. The molecule has 78 valence electrons. The van der Waals surface area contributed by atoms with Gasteiger partial charge in [0.15, 0.2) is 0 Å². The minimum atomic E-state index is 0.759. The molecule has 0 aromatic rings. The van der Waals surface area contributed by atoms with Crippen LogP contribution in [-0.4, -0.2) is 12.6 Å². The molecule has 1 nitrogen and oxygen atoms in total. The van der Waals surface area contributed by atoms with E-state index in [0.29, 0.717) is 0 Å². The van der Waals surface area contributed by atoms with E-state index in [1.165, 1.54) is 19.3 Å². The molecule has 1 N–H and O–H groups in total. The standard InChI is InChI=1S/C12H25N/c1-5-13-12(9(2)3)11-7-6-10(4)8-11/h9-13H,5-8H2,1-4H3. The first-order valence-corrected chi connectivity index (χ1v) is 5.88. The van der Waals surface area contributed by atoms with Gasteiger partial charge in [-0.3, -0.25) is 0 Å². The van der Waals surface area contributed by atoms with Crippen molar-refractivity contribution in [2.75, 3.05) is 6.54 Å². The summed E-state index contributed by atoms with van der Waals surface area (Å²) in [4.78, 5) is 0. The smallest absolute Gasteiger partial charge is 0.0118 e. The molecule has 3 unspecified atom stereocenters. The number of nitrogens with one attached hydrogen (secondary N) is 1. The number of rotatable bonds is 4. The Morgan fingerprint density at radius 3 is 2.38 bits per heavy atom. The van der Waals surface area contributed by atoms with E-state index in [0.717, 1.165) is 30.3 Å². The predicted molar refractivity (Wildman–Crippen MR) is 58.8 cm³/mol. The molecule has 0 bridgehead atoms. The molecule has 0 amide bonds. The van der Waals surface area contributed by atoms with Gasteiger partial charge in [0.1, 0.15) is 0 Å². The van der Waals surface area contributed by atoms with Crippen molar-refractivity contribution >= 4 is 0 Å². The molecule has 0 heterocycles. The summed E-state index contributed by atoms with van der Waals surface area (Å²) >= 11 is 0. The van der Waals surface area contributed by atoms with Crippen LogP contribution in [-0.2, 0) is 0 Å². The SMILES string of the molecule is CCNC(C(C)C)C1CCC(C)C1. The average Bonchev–Trinajstić information content (AvgIpc) is 2.46. The quantitative estimate of drug-likeness (QED) is 0.706. The summed E-state index contributed by atoms with van der Waals surface area (Å²) in [6.07, 6.45) is 4.33. The summed E-state index contributed by atoms with van der Waals surface area (Å²) in [6, 6.07) is 0.759. The summed E-state index contributed by atoms with van der Waals surface area (Å²) in [7, 11) is 0. The third kappa shape index (κ3) is 2.98. The molecule has 0 aromatic carbocycles. The van der Waals surface area contributed by atoms with E-state index in [9.17, 15) is 0 Å². The number of hydrogen-bond acceptors (Lipinski definition) is 1. The molecule has 1 aliphatic rings. The predicted octanol–water partition coefficient (Wildman–Crippen LogP) is 3.06. The normalized spacial score (nSPS) is 31.2. The molecule has 3 atom stereocenters. The van der Waals surface area contributed by atoms with Gasteiger partial charge in [0.2, 0.25) is 0 Å². The Balaban J connectivity index is 2.44. The fraction of sp³-hybridized carbons (Fsp3) is 1.00. The Labute approximate surface area is 83.3 Å². The van der Waals surface area contributed by atoms with E-state index < -0.39 is 0 Å². The van der Waals surface area contributed by atoms with Gasteiger partial charge < -0.3 is 5.32 Å². The highest BCUT2D eigenvalue weighted by Crippen LogP contribution is 2.34. The van der Waals surface area contributed by atoms with Crippen molar-refractivity contribution in [2.24, 2.45) is 17.8 Å². The van der Waals surface area contributed by atoms with Gasteiger partial charge in [0.05, 0.1) is 0 Å². The maximum atomic E-state index is 3.64. The molecule has 0 radical (unpaired) electrons. The molecule has 1 fully saturated rings. The van der Waals surface area contributed by atoms with E-state index in [1.54, 1.807) is 0 Å². The molecule has 0 aliphatic heterocycles. The maximum absolute atomic E-state index is 3.64. The van der Waals surface area contributed by atoms with Crippen LogP contribution in [0.25, 0.3) is 0 Å². The van der Waals surface area contributed by atoms with Gasteiger partial charge in [-0.15, -0.1) is 0 Å². The Kier molecular flexibility index (Phi) is 4.24. The van der Waals surface area contributed by atoms with Crippen LogP contribution in [0.15, 0.2) is 0 Å². The zero-order chi connectivity index (χ0) is 9.84. The molecule has 1 heteroatoms. The van der Waals surface area contributed by atoms with Crippen molar-refractivity contribution in [3.63, 3.8) is 0 Å². The minimum Gasteiger partial charge on any atom is -0.314 e. The van der Waals surface area contributed by atoms with Crippen LogP contribution in [0.2, 0.25) is 0 Å². The van der Waals surface area contributed by atoms with Gasteiger partial charge in [0.25, 0.3) is 0 Å². The zero-order valence-corrected chi connectivity index (χ0v) is 9.64. The summed E-state index contributed by atoms with van der Waals surface area (Å²) < 4.78 is 0. The number of hydrogen-bond donors (Lipinski definition) is 1. The van der Waals surface area contributed by atoms with Crippen molar-refractivity contribution in [1.82, 2.24) is 5.32 Å². The lowest BCUT2D eigenvalue weighted by atomic mass is 9.88. The van der Waals surface area contributed by atoms with Gasteiger partial charge in [0, 0.05) is 6.04 Å². The van der Waals surface area contributed by atoms with Crippen molar-refractivity contribution in [2.45, 2.75) is 53.0 Å². The second-order valence-electron chi connectivity index (χ2n) is 5.01. The zero-order valence-electron chi connectivity index (χ0n) is 9.64. The van der Waals surface area contributed by atoms with Gasteiger partial charge >= 0.3 is 0 Å². The first-order valence-electron chi connectivity index (χ1n) is 5.88.